The molecule has 1 aromatic rings. The van der Waals surface area contributed by atoms with E-state index in [0.29, 0.717) is 32.7 Å². The van der Waals surface area contributed by atoms with Gasteiger partial charge in [-0.15, -0.1) is 0 Å². The molecule has 20 heavy (non-hydrogen) atoms. The number of hydrogen-bond donors (Lipinski definition) is 1. The summed E-state index contributed by atoms with van der Waals surface area (Å²) in [6.07, 6.45) is -2.37. The lowest BCUT2D eigenvalue weighted by atomic mass is 10.2. The van der Waals surface area contributed by atoms with Crippen LogP contribution in [0.3, 0.4) is 0 Å². The predicted molar refractivity (Wildman–Crippen MR) is 71.6 cm³/mol. The van der Waals surface area contributed by atoms with E-state index in [2.05, 4.69) is 15.2 Å². The standard InChI is InChI=1S/C13H19F3N4/c1-17-11-2-3-18-12(8-11)9-19-4-6-20(7-5-19)10-13(14,15)16/h2-3,8H,4-7,9-10H2,1H3,(H,17,18). The Morgan fingerprint density at radius 1 is 1.20 bits per heavy atom. The average molecular weight is 288 g/mol. The smallest absolute Gasteiger partial charge is 0.388 e. The van der Waals surface area contributed by atoms with Crippen molar-refractivity contribution in [3.05, 3.63) is 24.0 Å². The topological polar surface area (TPSA) is 31.4 Å². The highest BCUT2D eigenvalue weighted by Crippen LogP contribution is 2.18. The second kappa shape index (κ2) is 6.41. The van der Waals surface area contributed by atoms with Gasteiger partial charge < -0.3 is 5.32 Å². The van der Waals surface area contributed by atoms with Gasteiger partial charge in [0.05, 0.1) is 12.2 Å². The predicted octanol–water partition coefficient (Wildman–Crippen LogP) is 1.80. The fraction of sp³-hybridized carbons (Fsp3) is 0.615. The van der Waals surface area contributed by atoms with E-state index in [-0.39, 0.29) is 0 Å². The zero-order valence-electron chi connectivity index (χ0n) is 11.5. The molecule has 112 valence electrons. The van der Waals surface area contributed by atoms with E-state index in [4.69, 9.17) is 0 Å². The lowest BCUT2D eigenvalue weighted by Gasteiger charge is -2.34. The number of nitrogens with zero attached hydrogens (tertiary/aromatic N) is 3. The van der Waals surface area contributed by atoms with Crippen molar-refractivity contribution in [2.45, 2.75) is 12.7 Å². The second-order valence-electron chi connectivity index (χ2n) is 4.95. The molecule has 0 unspecified atom stereocenters. The van der Waals surface area contributed by atoms with Crippen LogP contribution >= 0.6 is 0 Å². The number of hydrogen-bond acceptors (Lipinski definition) is 4. The quantitative estimate of drug-likeness (QED) is 0.915. The van der Waals surface area contributed by atoms with Crippen molar-refractivity contribution in [3.63, 3.8) is 0 Å². The zero-order valence-corrected chi connectivity index (χ0v) is 11.5. The third-order valence-corrected chi connectivity index (χ3v) is 3.36. The minimum atomic E-state index is -4.11. The van der Waals surface area contributed by atoms with Crippen LogP contribution in [-0.2, 0) is 6.54 Å². The van der Waals surface area contributed by atoms with Gasteiger partial charge in [-0.25, -0.2) is 0 Å². The summed E-state index contributed by atoms with van der Waals surface area (Å²) in [6.45, 7) is 2.04. The Bertz CT molecular complexity index is 428. The van der Waals surface area contributed by atoms with Crippen LogP contribution in [0.5, 0.6) is 0 Å². The van der Waals surface area contributed by atoms with Crippen LogP contribution < -0.4 is 5.32 Å². The molecule has 1 aliphatic heterocycles. The van der Waals surface area contributed by atoms with E-state index < -0.39 is 12.7 Å². The molecule has 1 saturated heterocycles. The van der Waals surface area contributed by atoms with Crippen molar-refractivity contribution in [1.29, 1.82) is 0 Å². The van der Waals surface area contributed by atoms with Crippen LogP contribution in [0.4, 0.5) is 18.9 Å². The van der Waals surface area contributed by atoms with E-state index in [1.54, 1.807) is 6.20 Å². The van der Waals surface area contributed by atoms with Gasteiger partial charge >= 0.3 is 6.18 Å². The molecule has 0 saturated carbocycles. The summed E-state index contributed by atoms with van der Waals surface area (Å²) < 4.78 is 36.9. The highest BCUT2D eigenvalue weighted by molar-refractivity contribution is 5.42. The Morgan fingerprint density at radius 2 is 1.85 bits per heavy atom. The Balaban J connectivity index is 1.82. The maximum Gasteiger partial charge on any atom is 0.401 e. The first-order valence-electron chi connectivity index (χ1n) is 6.60. The third-order valence-electron chi connectivity index (χ3n) is 3.36. The van der Waals surface area contributed by atoms with Gasteiger partial charge in [-0.05, 0) is 12.1 Å². The Labute approximate surface area is 116 Å². The van der Waals surface area contributed by atoms with Crippen LogP contribution in [0.1, 0.15) is 5.69 Å². The highest BCUT2D eigenvalue weighted by Gasteiger charge is 2.32. The first kappa shape index (κ1) is 15.1. The van der Waals surface area contributed by atoms with Crippen molar-refractivity contribution in [3.8, 4) is 0 Å². The molecule has 2 rings (SSSR count). The molecule has 4 nitrogen and oxygen atoms in total. The fourth-order valence-electron chi connectivity index (χ4n) is 2.31. The van der Waals surface area contributed by atoms with Gasteiger partial charge in [0.15, 0.2) is 0 Å². The summed E-state index contributed by atoms with van der Waals surface area (Å²) in [6, 6.07) is 3.84. The Kier molecular flexibility index (Phi) is 4.82. The van der Waals surface area contributed by atoms with Gasteiger partial charge in [-0.1, -0.05) is 0 Å². The monoisotopic (exact) mass is 288 g/mol. The molecule has 0 aliphatic carbocycles. The molecule has 2 heterocycles. The molecule has 0 atom stereocenters. The minimum Gasteiger partial charge on any atom is -0.388 e. The summed E-state index contributed by atoms with van der Waals surface area (Å²) in [5.74, 6) is 0. The summed E-state index contributed by atoms with van der Waals surface area (Å²) in [5, 5.41) is 3.05. The molecule has 0 radical (unpaired) electrons. The first-order chi connectivity index (χ1) is 9.46. The summed E-state index contributed by atoms with van der Waals surface area (Å²) in [4.78, 5) is 7.87. The van der Waals surface area contributed by atoms with E-state index in [9.17, 15) is 13.2 Å². The van der Waals surface area contributed by atoms with Gasteiger partial charge in [0.2, 0.25) is 0 Å². The van der Waals surface area contributed by atoms with Crippen molar-refractivity contribution >= 4 is 5.69 Å². The second-order valence-corrected chi connectivity index (χ2v) is 4.95. The van der Waals surface area contributed by atoms with Crippen LogP contribution in [0.15, 0.2) is 18.3 Å². The van der Waals surface area contributed by atoms with Crippen molar-refractivity contribution in [2.75, 3.05) is 45.1 Å². The highest BCUT2D eigenvalue weighted by atomic mass is 19.4. The van der Waals surface area contributed by atoms with Crippen LogP contribution in [0, 0.1) is 0 Å². The van der Waals surface area contributed by atoms with Crippen LogP contribution in [-0.4, -0.2) is 60.7 Å². The minimum absolute atomic E-state index is 0.450. The number of aromatic nitrogens is 1. The van der Waals surface area contributed by atoms with Gasteiger partial charge in [0, 0.05) is 51.7 Å². The molecule has 1 aliphatic rings. The molecule has 0 aromatic carbocycles. The Morgan fingerprint density at radius 3 is 2.45 bits per heavy atom. The Hall–Kier alpha value is -1.34. The van der Waals surface area contributed by atoms with Crippen molar-refractivity contribution in [2.24, 2.45) is 0 Å². The molecule has 0 amide bonds. The molecule has 1 aromatic heterocycles. The molecule has 1 fully saturated rings. The largest absolute Gasteiger partial charge is 0.401 e. The molecule has 1 N–H and O–H groups in total. The summed E-state index contributed by atoms with van der Waals surface area (Å²) >= 11 is 0. The summed E-state index contributed by atoms with van der Waals surface area (Å²) in [5.41, 5.74) is 1.92. The van der Waals surface area contributed by atoms with E-state index in [1.807, 2.05) is 19.2 Å². The normalized spacial score (nSPS) is 18.2. The van der Waals surface area contributed by atoms with Gasteiger partial charge in [-0.3, -0.25) is 14.8 Å². The number of pyridine rings is 1. The van der Waals surface area contributed by atoms with E-state index in [0.717, 1.165) is 11.4 Å². The fourth-order valence-corrected chi connectivity index (χ4v) is 2.31. The van der Waals surface area contributed by atoms with Gasteiger partial charge in [0.1, 0.15) is 0 Å². The van der Waals surface area contributed by atoms with Gasteiger partial charge in [-0.2, -0.15) is 13.2 Å². The number of nitrogens with one attached hydrogen (secondary N) is 1. The average Bonchev–Trinajstić information content (AvgIpc) is 2.40. The third kappa shape index (κ3) is 4.64. The van der Waals surface area contributed by atoms with E-state index in [1.165, 1.54) is 4.90 Å². The number of halogens is 3. The number of piperazine rings is 1. The lowest BCUT2D eigenvalue weighted by molar-refractivity contribution is -0.149. The SMILES string of the molecule is CNc1ccnc(CN2CCN(CC(F)(F)F)CC2)c1. The molecule has 0 spiro atoms. The van der Waals surface area contributed by atoms with E-state index >= 15 is 0 Å². The van der Waals surface area contributed by atoms with Crippen molar-refractivity contribution < 1.29 is 13.2 Å². The maximum atomic E-state index is 12.3. The molecule has 7 heteroatoms. The summed E-state index contributed by atoms with van der Waals surface area (Å²) in [7, 11) is 1.84. The first-order valence-corrected chi connectivity index (χ1v) is 6.60. The number of alkyl halides is 3. The molecular weight excluding hydrogens is 269 g/mol. The van der Waals surface area contributed by atoms with Gasteiger partial charge in [0.25, 0.3) is 0 Å². The van der Waals surface area contributed by atoms with Crippen molar-refractivity contribution in [1.82, 2.24) is 14.8 Å². The van der Waals surface area contributed by atoms with Crippen LogP contribution in [0.25, 0.3) is 0 Å². The lowest BCUT2D eigenvalue weighted by Crippen LogP contribution is -2.48. The number of anilines is 1. The number of rotatable bonds is 4. The molecule has 0 bridgehead atoms. The van der Waals surface area contributed by atoms with Crippen LogP contribution in [0.2, 0.25) is 0 Å². The zero-order chi connectivity index (χ0) is 14.6. The molecular formula is C13H19F3N4. The maximum absolute atomic E-state index is 12.3.